The number of hydrogen-bond acceptors (Lipinski definition) is 7. The molecule has 3 heterocycles. The van der Waals surface area contributed by atoms with Crippen LogP contribution in [0, 0.1) is 5.82 Å². The van der Waals surface area contributed by atoms with E-state index in [1.807, 2.05) is 4.90 Å². The van der Waals surface area contributed by atoms with E-state index in [4.69, 9.17) is 4.74 Å². The topological polar surface area (TPSA) is 95.9 Å². The molecule has 1 aromatic heterocycles. The van der Waals surface area contributed by atoms with Crippen LogP contribution in [0.3, 0.4) is 0 Å². The molecule has 0 spiro atoms. The van der Waals surface area contributed by atoms with Crippen LogP contribution in [-0.4, -0.2) is 79.4 Å². The van der Waals surface area contributed by atoms with Crippen LogP contribution in [0.4, 0.5) is 10.3 Å². The number of hydrogen-bond donors (Lipinski definition) is 0. The number of carbonyl (C=O) groups excluding carboxylic acids is 1. The Balaban J connectivity index is 1.70. The van der Waals surface area contributed by atoms with E-state index in [-0.39, 0.29) is 23.1 Å². The molecule has 0 radical (unpaired) electrons. The molecule has 0 bridgehead atoms. The van der Waals surface area contributed by atoms with Crippen molar-refractivity contribution in [2.24, 2.45) is 0 Å². The predicted molar refractivity (Wildman–Crippen MR) is 111 cm³/mol. The summed E-state index contributed by atoms with van der Waals surface area (Å²) < 4.78 is 47.7. The predicted octanol–water partition coefficient (Wildman–Crippen LogP) is 1.12. The number of halogens is 1. The number of ether oxygens (including phenoxy) is 1. The van der Waals surface area contributed by atoms with Crippen LogP contribution in [0.25, 0.3) is 0 Å². The zero-order valence-corrected chi connectivity index (χ0v) is 18.1. The Morgan fingerprint density at radius 3 is 2.58 bits per heavy atom. The Hall–Kier alpha value is -2.79. The summed E-state index contributed by atoms with van der Waals surface area (Å²) in [5.41, 5.74) is 0. The number of rotatable bonds is 3. The van der Waals surface area contributed by atoms with E-state index >= 15 is 0 Å². The summed E-state index contributed by atoms with van der Waals surface area (Å²) in [4.78, 5) is 23.9. The summed E-state index contributed by atoms with van der Waals surface area (Å²) in [6, 6.07) is 5.95. The van der Waals surface area contributed by atoms with Crippen LogP contribution in [0.1, 0.15) is 12.8 Å². The van der Waals surface area contributed by atoms with Crippen LogP contribution >= 0.6 is 0 Å². The van der Waals surface area contributed by atoms with Gasteiger partial charge in [-0.15, -0.1) is 0 Å². The van der Waals surface area contributed by atoms with Gasteiger partial charge in [0.05, 0.1) is 25.0 Å². The molecule has 1 amide bonds. The molecule has 4 rings (SSSR count). The second-order valence-electron chi connectivity index (χ2n) is 7.77. The summed E-state index contributed by atoms with van der Waals surface area (Å²) in [6.07, 6.45) is 2.63. The molecule has 0 aliphatic carbocycles. The largest absolute Gasteiger partial charge is 0.487 e. The van der Waals surface area contributed by atoms with E-state index in [9.17, 15) is 17.6 Å². The Kier molecular flexibility index (Phi) is 5.80. The van der Waals surface area contributed by atoms with Gasteiger partial charge < -0.3 is 14.5 Å². The average Bonchev–Trinajstić information content (AvgIpc) is 2.99. The third-order valence-corrected chi connectivity index (χ3v) is 7.48. The maximum atomic E-state index is 13.5. The van der Waals surface area contributed by atoms with Crippen molar-refractivity contribution in [3.63, 3.8) is 0 Å². The Bertz CT molecular complexity index is 1060. The second-order valence-corrected chi connectivity index (χ2v) is 9.63. The molecule has 2 atom stereocenters. The minimum atomic E-state index is -3.96. The number of nitrogens with zero attached hydrogens (tertiary/aromatic N) is 5. The quantitative estimate of drug-likeness (QED) is 0.693. The lowest BCUT2D eigenvalue weighted by Crippen LogP contribution is -2.50. The van der Waals surface area contributed by atoms with Crippen molar-refractivity contribution in [2.45, 2.75) is 29.9 Å². The van der Waals surface area contributed by atoms with Crippen molar-refractivity contribution in [1.29, 1.82) is 0 Å². The zero-order chi connectivity index (χ0) is 22.2. The molecule has 2 aliphatic rings. The molecular formula is C20H24FN5O4S. The Morgan fingerprint density at radius 2 is 1.87 bits per heavy atom. The van der Waals surface area contributed by atoms with Crippen molar-refractivity contribution in [2.75, 3.05) is 38.6 Å². The standard InChI is InChI=1S/C20H24FN5O4S/c1-24(2)19(27)13-26-15-7-9-25(20-22-11-14(21)12-23-20)10-8-16(15)30-17-5-3-4-6-18(17)31(26,28)29/h3-6,11-12,15-16H,7-10,13H2,1-2H3/t15-,16+/m1/s1. The van der Waals surface area contributed by atoms with Crippen molar-refractivity contribution < 1.29 is 22.3 Å². The molecular weight excluding hydrogens is 425 g/mol. The van der Waals surface area contributed by atoms with Crippen LogP contribution in [0.5, 0.6) is 5.75 Å². The van der Waals surface area contributed by atoms with Gasteiger partial charge in [0.25, 0.3) is 0 Å². The van der Waals surface area contributed by atoms with Gasteiger partial charge >= 0.3 is 0 Å². The summed E-state index contributed by atoms with van der Waals surface area (Å²) in [5.74, 6) is -0.186. The van der Waals surface area contributed by atoms with Crippen molar-refractivity contribution >= 4 is 21.9 Å². The number of fused-ring (bicyclic) bond motifs is 2. The number of aromatic nitrogens is 2. The summed E-state index contributed by atoms with van der Waals surface area (Å²) in [6.45, 7) is 0.667. The highest BCUT2D eigenvalue weighted by Gasteiger charge is 2.44. The smallest absolute Gasteiger partial charge is 0.247 e. The highest BCUT2D eigenvalue weighted by atomic mass is 32.2. The number of carbonyl (C=O) groups is 1. The molecule has 11 heteroatoms. The molecule has 1 saturated heterocycles. The maximum Gasteiger partial charge on any atom is 0.247 e. The molecule has 0 N–H and O–H groups in total. The van der Waals surface area contributed by atoms with E-state index in [1.165, 1.54) is 15.3 Å². The van der Waals surface area contributed by atoms with Gasteiger partial charge in [-0.3, -0.25) is 4.79 Å². The fourth-order valence-electron chi connectivity index (χ4n) is 3.90. The van der Waals surface area contributed by atoms with Gasteiger partial charge in [0, 0.05) is 33.6 Å². The molecule has 1 aromatic carbocycles. The highest BCUT2D eigenvalue weighted by molar-refractivity contribution is 7.89. The normalized spacial score (nSPS) is 23.0. The fourth-order valence-corrected chi connectivity index (χ4v) is 5.65. The van der Waals surface area contributed by atoms with Gasteiger partial charge in [0.15, 0.2) is 5.82 Å². The summed E-state index contributed by atoms with van der Waals surface area (Å²) in [5, 5.41) is 0. The van der Waals surface area contributed by atoms with E-state index in [0.29, 0.717) is 31.9 Å². The van der Waals surface area contributed by atoms with Crippen LogP contribution < -0.4 is 9.64 Å². The molecule has 9 nitrogen and oxygen atoms in total. The van der Waals surface area contributed by atoms with E-state index in [1.54, 1.807) is 32.3 Å². The fraction of sp³-hybridized carbons (Fsp3) is 0.450. The van der Waals surface area contributed by atoms with Gasteiger partial charge in [-0.25, -0.2) is 22.8 Å². The molecule has 166 valence electrons. The van der Waals surface area contributed by atoms with Gasteiger partial charge in [-0.1, -0.05) is 12.1 Å². The first-order valence-corrected chi connectivity index (χ1v) is 11.4. The van der Waals surface area contributed by atoms with Gasteiger partial charge in [-0.2, -0.15) is 4.31 Å². The van der Waals surface area contributed by atoms with Crippen LogP contribution in [-0.2, 0) is 14.8 Å². The minimum Gasteiger partial charge on any atom is -0.487 e. The number of amides is 1. The van der Waals surface area contributed by atoms with E-state index in [0.717, 1.165) is 12.4 Å². The van der Waals surface area contributed by atoms with Gasteiger partial charge in [0.2, 0.25) is 21.9 Å². The first-order chi connectivity index (χ1) is 14.8. The Morgan fingerprint density at radius 1 is 1.19 bits per heavy atom. The van der Waals surface area contributed by atoms with Crippen LogP contribution in [0.15, 0.2) is 41.6 Å². The number of sulfonamides is 1. The molecule has 0 saturated carbocycles. The second kappa shape index (κ2) is 8.39. The number of anilines is 1. The lowest BCUT2D eigenvalue weighted by Gasteiger charge is -2.31. The summed E-state index contributed by atoms with van der Waals surface area (Å²) in [7, 11) is -0.775. The number of para-hydroxylation sites is 1. The van der Waals surface area contributed by atoms with Crippen molar-refractivity contribution in [3.05, 3.63) is 42.5 Å². The SMILES string of the molecule is CN(C)C(=O)CN1[C@@H]2CCN(c3ncc(F)cn3)CC[C@@H]2Oc2ccccc2S1(=O)=O. The monoisotopic (exact) mass is 449 g/mol. The van der Waals surface area contributed by atoms with Crippen molar-refractivity contribution in [3.8, 4) is 5.75 Å². The third kappa shape index (κ3) is 4.19. The zero-order valence-electron chi connectivity index (χ0n) is 17.3. The third-order valence-electron chi connectivity index (χ3n) is 5.57. The summed E-state index contributed by atoms with van der Waals surface area (Å²) >= 11 is 0. The van der Waals surface area contributed by atoms with E-state index in [2.05, 4.69) is 9.97 Å². The lowest BCUT2D eigenvalue weighted by molar-refractivity contribution is -0.129. The molecule has 31 heavy (non-hydrogen) atoms. The highest BCUT2D eigenvalue weighted by Crippen LogP contribution is 2.36. The minimum absolute atomic E-state index is 0.0633. The van der Waals surface area contributed by atoms with Crippen molar-refractivity contribution in [1.82, 2.24) is 19.2 Å². The molecule has 2 aliphatic heterocycles. The first-order valence-electron chi connectivity index (χ1n) is 9.97. The average molecular weight is 450 g/mol. The first kappa shape index (κ1) is 21.4. The van der Waals surface area contributed by atoms with Gasteiger partial charge in [-0.05, 0) is 18.6 Å². The Labute approximate surface area is 180 Å². The maximum absolute atomic E-state index is 13.5. The lowest BCUT2D eigenvalue weighted by atomic mass is 10.1. The molecule has 0 unspecified atom stereocenters. The van der Waals surface area contributed by atoms with Gasteiger partial charge in [0.1, 0.15) is 16.7 Å². The molecule has 2 aromatic rings. The molecule has 1 fully saturated rings. The van der Waals surface area contributed by atoms with Crippen LogP contribution in [0.2, 0.25) is 0 Å². The number of benzene rings is 1. The number of likely N-dealkylation sites (N-methyl/N-ethyl adjacent to an activating group) is 1. The van der Waals surface area contributed by atoms with E-state index < -0.39 is 28.0 Å².